The second-order valence-electron chi connectivity index (χ2n) is 3.94. The van der Waals surface area contributed by atoms with Crippen LogP contribution in [0.15, 0.2) is 6.20 Å². The fourth-order valence-corrected chi connectivity index (χ4v) is 2.46. The standard InChI is InChI=1S/C10H17N3OS/c1-7-13-4-9(15-7)3-12-2-8-5-14-6-10(8)11/h4,8,10,12H,2-3,5-6,11H2,1H3. The molecule has 0 aliphatic carbocycles. The zero-order valence-electron chi connectivity index (χ0n) is 8.90. The number of ether oxygens (including phenoxy) is 1. The molecule has 2 rings (SSSR count). The smallest absolute Gasteiger partial charge is 0.0897 e. The molecule has 5 heteroatoms. The van der Waals surface area contributed by atoms with Gasteiger partial charge < -0.3 is 15.8 Å². The second-order valence-corrected chi connectivity index (χ2v) is 5.26. The predicted molar refractivity (Wildman–Crippen MR) is 60.8 cm³/mol. The summed E-state index contributed by atoms with van der Waals surface area (Å²) in [5.74, 6) is 0.457. The van der Waals surface area contributed by atoms with Crippen molar-refractivity contribution in [3.63, 3.8) is 0 Å². The molecule has 2 heterocycles. The van der Waals surface area contributed by atoms with E-state index in [-0.39, 0.29) is 6.04 Å². The number of aromatic nitrogens is 1. The molecule has 1 aromatic rings. The van der Waals surface area contributed by atoms with E-state index in [2.05, 4.69) is 10.3 Å². The van der Waals surface area contributed by atoms with Crippen LogP contribution in [-0.2, 0) is 11.3 Å². The van der Waals surface area contributed by atoms with Crippen molar-refractivity contribution in [2.45, 2.75) is 19.5 Å². The van der Waals surface area contributed by atoms with Crippen LogP contribution < -0.4 is 11.1 Å². The highest BCUT2D eigenvalue weighted by Crippen LogP contribution is 2.13. The van der Waals surface area contributed by atoms with Gasteiger partial charge in [-0.25, -0.2) is 4.98 Å². The maximum absolute atomic E-state index is 5.89. The molecular weight excluding hydrogens is 210 g/mol. The van der Waals surface area contributed by atoms with Crippen molar-refractivity contribution in [2.24, 2.45) is 11.7 Å². The van der Waals surface area contributed by atoms with Crippen LogP contribution in [0.2, 0.25) is 0 Å². The van der Waals surface area contributed by atoms with Crippen molar-refractivity contribution in [2.75, 3.05) is 19.8 Å². The molecule has 15 heavy (non-hydrogen) atoms. The Balaban J connectivity index is 1.70. The number of nitrogens with zero attached hydrogens (tertiary/aromatic N) is 1. The molecule has 1 aliphatic rings. The molecule has 0 saturated carbocycles. The van der Waals surface area contributed by atoms with Crippen molar-refractivity contribution in [1.29, 1.82) is 0 Å². The highest BCUT2D eigenvalue weighted by molar-refractivity contribution is 7.11. The average Bonchev–Trinajstić information content (AvgIpc) is 2.77. The largest absolute Gasteiger partial charge is 0.379 e. The van der Waals surface area contributed by atoms with E-state index in [4.69, 9.17) is 10.5 Å². The minimum absolute atomic E-state index is 0.195. The van der Waals surface area contributed by atoms with Crippen molar-refractivity contribution in [3.05, 3.63) is 16.1 Å². The third kappa shape index (κ3) is 2.98. The molecule has 0 amide bonds. The van der Waals surface area contributed by atoms with Crippen molar-refractivity contribution >= 4 is 11.3 Å². The molecule has 3 N–H and O–H groups in total. The Bertz CT molecular complexity index is 315. The molecule has 4 nitrogen and oxygen atoms in total. The summed E-state index contributed by atoms with van der Waals surface area (Å²) in [7, 11) is 0. The van der Waals surface area contributed by atoms with Crippen LogP contribution >= 0.6 is 11.3 Å². The first-order valence-electron chi connectivity index (χ1n) is 5.21. The molecule has 0 aromatic carbocycles. The second kappa shape index (κ2) is 5.03. The topological polar surface area (TPSA) is 60.2 Å². The number of rotatable bonds is 4. The summed E-state index contributed by atoms with van der Waals surface area (Å²) in [5.41, 5.74) is 5.89. The van der Waals surface area contributed by atoms with Crippen molar-refractivity contribution in [1.82, 2.24) is 10.3 Å². The Labute approximate surface area is 93.8 Å². The first kappa shape index (κ1) is 11.0. The quantitative estimate of drug-likeness (QED) is 0.787. The summed E-state index contributed by atoms with van der Waals surface area (Å²) >= 11 is 1.73. The number of aryl methyl sites for hydroxylation is 1. The number of nitrogens with one attached hydrogen (secondary N) is 1. The molecule has 1 aromatic heterocycles. The average molecular weight is 227 g/mol. The Hall–Kier alpha value is -0.490. The molecule has 1 saturated heterocycles. The van der Waals surface area contributed by atoms with Gasteiger partial charge in [-0.3, -0.25) is 0 Å². The van der Waals surface area contributed by atoms with Crippen LogP contribution in [0.1, 0.15) is 9.88 Å². The van der Waals surface area contributed by atoms with Gasteiger partial charge in [0.15, 0.2) is 0 Å². The lowest BCUT2D eigenvalue weighted by Gasteiger charge is -2.13. The minimum Gasteiger partial charge on any atom is -0.379 e. The Morgan fingerprint density at radius 2 is 2.53 bits per heavy atom. The normalized spacial score (nSPS) is 26.0. The van der Waals surface area contributed by atoms with Gasteiger partial charge in [-0.2, -0.15) is 0 Å². The minimum atomic E-state index is 0.195. The van der Waals surface area contributed by atoms with E-state index in [1.165, 1.54) is 4.88 Å². The lowest BCUT2D eigenvalue weighted by molar-refractivity contribution is 0.184. The summed E-state index contributed by atoms with van der Waals surface area (Å²) in [6.07, 6.45) is 1.93. The summed E-state index contributed by atoms with van der Waals surface area (Å²) in [4.78, 5) is 5.49. The lowest BCUT2D eigenvalue weighted by Crippen LogP contribution is -2.35. The van der Waals surface area contributed by atoms with Gasteiger partial charge in [-0.1, -0.05) is 0 Å². The van der Waals surface area contributed by atoms with E-state index in [0.29, 0.717) is 12.5 Å². The summed E-state index contributed by atoms with van der Waals surface area (Å²) in [6, 6.07) is 0.195. The third-order valence-electron chi connectivity index (χ3n) is 2.62. The molecule has 0 spiro atoms. The monoisotopic (exact) mass is 227 g/mol. The maximum atomic E-state index is 5.89. The first-order valence-corrected chi connectivity index (χ1v) is 6.02. The van der Waals surface area contributed by atoms with Gasteiger partial charge in [0.2, 0.25) is 0 Å². The van der Waals surface area contributed by atoms with Gasteiger partial charge >= 0.3 is 0 Å². The Morgan fingerprint density at radius 1 is 1.67 bits per heavy atom. The molecule has 0 radical (unpaired) electrons. The lowest BCUT2D eigenvalue weighted by atomic mass is 10.1. The SMILES string of the molecule is Cc1ncc(CNCC2COCC2N)s1. The van der Waals surface area contributed by atoms with Crippen LogP contribution in [0.5, 0.6) is 0 Å². The van der Waals surface area contributed by atoms with Crippen molar-refractivity contribution in [3.8, 4) is 0 Å². The summed E-state index contributed by atoms with van der Waals surface area (Å²) < 4.78 is 5.30. The van der Waals surface area contributed by atoms with E-state index in [0.717, 1.165) is 24.7 Å². The van der Waals surface area contributed by atoms with E-state index in [9.17, 15) is 0 Å². The van der Waals surface area contributed by atoms with E-state index < -0.39 is 0 Å². The molecule has 0 bridgehead atoms. The van der Waals surface area contributed by atoms with Crippen LogP contribution in [0.3, 0.4) is 0 Å². The molecule has 1 fully saturated rings. The molecule has 2 unspecified atom stereocenters. The first-order chi connectivity index (χ1) is 7.25. The maximum Gasteiger partial charge on any atom is 0.0897 e. The highest BCUT2D eigenvalue weighted by atomic mass is 32.1. The molecule has 2 atom stereocenters. The summed E-state index contributed by atoms with van der Waals surface area (Å²) in [6.45, 7) is 5.32. The van der Waals surface area contributed by atoms with E-state index in [1.54, 1.807) is 11.3 Å². The van der Waals surface area contributed by atoms with Gasteiger partial charge in [0.25, 0.3) is 0 Å². The van der Waals surface area contributed by atoms with Crippen LogP contribution in [0, 0.1) is 12.8 Å². The summed E-state index contributed by atoms with van der Waals surface area (Å²) in [5, 5.41) is 4.52. The fraction of sp³-hybridized carbons (Fsp3) is 0.700. The predicted octanol–water partition coefficient (Wildman–Crippen LogP) is 0.515. The zero-order chi connectivity index (χ0) is 10.7. The van der Waals surface area contributed by atoms with Gasteiger partial charge in [-0.05, 0) is 6.92 Å². The van der Waals surface area contributed by atoms with Crippen LogP contribution in [-0.4, -0.2) is 30.8 Å². The number of hydrogen-bond donors (Lipinski definition) is 2. The van der Waals surface area contributed by atoms with Crippen LogP contribution in [0.25, 0.3) is 0 Å². The number of nitrogens with two attached hydrogens (primary N) is 1. The Morgan fingerprint density at radius 3 is 3.13 bits per heavy atom. The molecule has 84 valence electrons. The van der Waals surface area contributed by atoms with Gasteiger partial charge in [0, 0.05) is 36.1 Å². The van der Waals surface area contributed by atoms with Gasteiger partial charge in [0.1, 0.15) is 0 Å². The molecule has 1 aliphatic heterocycles. The van der Waals surface area contributed by atoms with Gasteiger partial charge in [0.05, 0.1) is 18.2 Å². The van der Waals surface area contributed by atoms with Crippen LogP contribution in [0.4, 0.5) is 0 Å². The molecular formula is C10H17N3OS. The van der Waals surface area contributed by atoms with Gasteiger partial charge in [-0.15, -0.1) is 11.3 Å². The number of hydrogen-bond acceptors (Lipinski definition) is 5. The number of thiazole rings is 1. The third-order valence-corrected chi connectivity index (χ3v) is 3.54. The highest BCUT2D eigenvalue weighted by Gasteiger charge is 2.23. The van der Waals surface area contributed by atoms with E-state index in [1.807, 2.05) is 13.1 Å². The zero-order valence-corrected chi connectivity index (χ0v) is 9.72. The van der Waals surface area contributed by atoms with E-state index >= 15 is 0 Å². The van der Waals surface area contributed by atoms with Crippen molar-refractivity contribution < 1.29 is 4.74 Å². The Kier molecular flexibility index (Phi) is 3.69. The fourth-order valence-electron chi connectivity index (χ4n) is 1.69.